The number of anilines is 1. The van der Waals surface area contributed by atoms with Gasteiger partial charge in [0.05, 0.1) is 5.69 Å². The molecule has 3 N–H and O–H groups in total. The minimum Gasteiger partial charge on any atom is -0.322 e. The van der Waals surface area contributed by atoms with E-state index in [1.54, 1.807) is 5.32 Å². The lowest BCUT2D eigenvalue weighted by Gasteiger charge is -2.26. The van der Waals surface area contributed by atoms with Gasteiger partial charge >= 0.3 is 6.18 Å². The molecule has 1 atom stereocenters. The first-order valence-electron chi connectivity index (χ1n) is 4.68. The van der Waals surface area contributed by atoms with Crippen molar-refractivity contribution in [3.63, 3.8) is 0 Å². The number of amides is 1. The fraction of sp³-hybridized carbons (Fsp3) is 0.300. The normalized spacial score (nSPS) is 15.1. The zero-order chi connectivity index (χ0) is 14.1. The van der Waals surface area contributed by atoms with Crippen LogP contribution in [0.2, 0.25) is 0 Å². The van der Waals surface area contributed by atoms with Crippen molar-refractivity contribution in [2.45, 2.75) is 18.6 Å². The first kappa shape index (κ1) is 14.4. The van der Waals surface area contributed by atoms with Gasteiger partial charge in [0.2, 0.25) is 0 Å². The average molecular weight is 268 g/mol. The molecule has 0 spiro atoms. The zero-order valence-electron chi connectivity index (χ0n) is 9.11. The van der Waals surface area contributed by atoms with Crippen molar-refractivity contribution in [2.75, 3.05) is 5.32 Å². The van der Waals surface area contributed by atoms with Gasteiger partial charge in [0.15, 0.2) is 17.2 Å². The Morgan fingerprint density at radius 2 is 1.83 bits per heavy atom. The predicted octanol–water partition coefficient (Wildman–Crippen LogP) is 2.18. The van der Waals surface area contributed by atoms with Gasteiger partial charge in [0, 0.05) is 0 Å². The Morgan fingerprint density at radius 3 is 2.33 bits per heavy atom. The first-order valence-corrected chi connectivity index (χ1v) is 4.68. The van der Waals surface area contributed by atoms with Gasteiger partial charge in [0.1, 0.15) is 0 Å². The van der Waals surface area contributed by atoms with E-state index in [1.807, 2.05) is 0 Å². The van der Waals surface area contributed by atoms with Gasteiger partial charge in [-0.3, -0.25) is 4.79 Å². The largest absolute Gasteiger partial charge is 0.415 e. The smallest absolute Gasteiger partial charge is 0.322 e. The molecule has 0 fully saturated rings. The van der Waals surface area contributed by atoms with E-state index in [0.29, 0.717) is 6.92 Å². The molecule has 1 unspecified atom stereocenters. The second-order valence-electron chi connectivity index (χ2n) is 3.76. The molecule has 0 radical (unpaired) electrons. The summed E-state index contributed by atoms with van der Waals surface area (Å²) < 4.78 is 63.2. The van der Waals surface area contributed by atoms with Crippen LogP contribution in [0.1, 0.15) is 6.92 Å². The summed E-state index contributed by atoms with van der Waals surface area (Å²) in [7, 11) is 0. The average Bonchev–Trinajstić information content (AvgIpc) is 2.23. The Balaban J connectivity index is 2.99. The van der Waals surface area contributed by atoms with Crippen molar-refractivity contribution >= 4 is 11.6 Å². The standard InChI is InChI=1S/C10H9F5N2O/c1-9(16,10(13,14)15)8(18)17-6-4-2-3-5(11)7(6)12/h2-4H,16H2,1H3,(H,17,18). The lowest BCUT2D eigenvalue weighted by molar-refractivity contribution is -0.184. The van der Waals surface area contributed by atoms with Gasteiger partial charge in [-0.1, -0.05) is 6.07 Å². The molecule has 1 aromatic rings. The zero-order valence-corrected chi connectivity index (χ0v) is 9.11. The summed E-state index contributed by atoms with van der Waals surface area (Å²) in [6.45, 7) is 0.430. The molecule has 0 heterocycles. The van der Waals surface area contributed by atoms with Crippen LogP contribution in [0.4, 0.5) is 27.6 Å². The van der Waals surface area contributed by atoms with Crippen LogP contribution >= 0.6 is 0 Å². The maximum absolute atomic E-state index is 13.1. The van der Waals surface area contributed by atoms with E-state index in [2.05, 4.69) is 0 Å². The molecule has 0 aliphatic rings. The van der Waals surface area contributed by atoms with Crippen LogP contribution < -0.4 is 11.1 Å². The minimum absolute atomic E-state index is 0.430. The third-order valence-electron chi connectivity index (χ3n) is 2.26. The number of alkyl halides is 3. The lowest BCUT2D eigenvalue weighted by atomic mass is 10.0. The number of hydrogen-bond acceptors (Lipinski definition) is 2. The van der Waals surface area contributed by atoms with Crippen molar-refractivity contribution < 1.29 is 26.7 Å². The Labute approximate surface area is 98.8 Å². The lowest BCUT2D eigenvalue weighted by Crippen LogP contribution is -2.59. The Kier molecular flexibility index (Phi) is 3.61. The second-order valence-corrected chi connectivity index (χ2v) is 3.76. The van der Waals surface area contributed by atoms with E-state index in [9.17, 15) is 26.7 Å². The Morgan fingerprint density at radius 1 is 1.28 bits per heavy atom. The summed E-state index contributed by atoms with van der Waals surface area (Å²) in [6.07, 6.45) is -5.01. The minimum atomic E-state index is -5.01. The molecule has 0 aliphatic carbocycles. The van der Waals surface area contributed by atoms with E-state index >= 15 is 0 Å². The van der Waals surface area contributed by atoms with Gasteiger partial charge in [-0.15, -0.1) is 0 Å². The molecule has 100 valence electrons. The van der Waals surface area contributed by atoms with Gasteiger partial charge in [0.25, 0.3) is 5.91 Å². The van der Waals surface area contributed by atoms with E-state index in [1.165, 1.54) is 0 Å². The topological polar surface area (TPSA) is 55.1 Å². The third kappa shape index (κ3) is 2.58. The summed E-state index contributed by atoms with van der Waals surface area (Å²) in [5.74, 6) is -4.43. The predicted molar refractivity (Wildman–Crippen MR) is 53.6 cm³/mol. The van der Waals surface area contributed by atoms with E-state index in [-0.39, 0.29) is 0 Å². The molecule has 0 bridgehead atoms. The molecule has 0 saturated heterocycles. The number of rotatable bonds is 2. The van der Waals surface area contributed by atoms with E-state index in [0.717, 1.165) is 18.2 Å². The van der Waals surface area contributed by atoms with E-state index < -0.39 is 34.9 Å². The number of nitrogens with two attached hydrogens (primary N) is 1. The number of benzene rings is 1. The van der Waals surface area contributed by atoms with Gasteiger partial charge in [-0.05, 0) is 19.1 Å². The summed E-state index contributed by atoms with van der Waals surface area (Å²) >= 11 is 0. The number of carbonyl (C=O) groups excluding carboxylic acids is 1. The van der Waals surface area contributed by atoms with Crippen molar-refractivity contribution in [1.29, 1.82) is 0 Å². The number of halogens is 5. The highest BCUT2D eigenvalue weighted by atomic mass is 19.4. The second kappa shape index (κ2) is 4.52. The monoisotopic (exact) mass is 268 g/mol. The SMILES string of the molecule is CC(N)(C(=O)Nc1cccc(F)c1F)C(F)(F)F. The molecule has 1 amide bonds. The highest BCUT2D eigenvalue weighted by Gasteiger charge is 2.54. The van der Waals surface area contributed by atoms with Gasteiger partial charge in [-0.2, -0.15) is 13.2 Å². The third-order valence-corrected chi connectivity index (χ3v) is 2.26. The summed E-state index contributed by atoms with van der Waals surface area (Å²) in [5.41, 5.74) is 0.910. The fourth-order valence-electron chi connectivity index (χ4n) is 0.981. The number of hydrogen-bond donors (Lipinski definition) is 2. The molecule has 8 heteroatoms. The van der Waals surface area contributed by atoms with Crippen LogP contribution in [0, 0.1) is 11.6 Å². The van der Waals surface area contributed by atoms with Crippen LogP contribution in [0.5, 0.6) is 0 Å². The molecule has 18 heavy (non-hydrogen) atoms. The van der Waals surface area contributed by atoms with Crippen LogP contribution in [-0.4, -0.2) is 17.6 Å². The fourth-order valence-corrected chi connectivity index (χ4v) is 0.981. The highest BCUT2D eigenvalue weighted by Crippen LogP contribution is 2.29. The van der Waals surface area contributed by atoms with Crippen molar-refractivity contribution in [3.05, 3.63) is 29.8 Å². The van der Waals surface area contributed by atoms with Crippen LogP contribution in [-0.2, 0) is 4.79 Å². The molecule has 1 aromatic carbocycles. The van der Waals surface area contributed by atoms with Crippen LogP contribution in [0.15, 0.2) is 18.2 Å². The molecule has 3 nitrogen and oxygen atoms in total. The molecule has 0 aliphatic heterocycles. The maximum Gasteiger partial charge on any atom is 0.415 e. The Bertz CT molecular complexity index is 470. The van der Waals surface area contributed by atoms with Crippen molar-refractivity contribution in [1.82, 2.24) is 0 Å². The first-order chi connectivity index (χ1) is 8.07. The molecule has 1 rings (SSSR count). The number of carbonyl (C=O) groups is 1. The number of nitrogens with one attached hydrogen (secondary N) is 1. The van der Waals surface area contributed by atoms with Crippen LogP contribution in [0.3, 0.4) is 0 Å². The summed E-state index contributed by atoms with van der Waals surface area (Å²) in [6, 6.07) is 2.72. The summed E-state index contributed by atoms with van der Waals surface area (Å²) in [4.78, 5) is 11.3. The van der Waals surface area contributed by atoms with Crippen molar-refractivity contribution in [3.8, 4) is 0 Å². The molecular formula is C10H9F5N2O. The summed E-state index contributed by atoms with van der Waals surface area (Å²) in [5, 5.41) is 1.60. The van der Waals surface area contributed by atoms with Gasteiger partial charge in [-0.25, -0.2) is 8.78 Å². The maximum atomic E-state index is 13.1. The Hall–Kier alpha value is -1.70. The molecular weight excluding hydrogens is 259 g/mol. The molecule has 0 aromatic heterocycles. The quantitative estimate of drug-likeness (QED) is 0.808. The molecule has 0 saturated carbocycles. The van der Waals surface area contributed by atoms with E-state index in [4.69, 9.17) is 5.73 Å². The van der Waals surface area contributed by atoms with Crippen molar-refractivity contribution in [2.24, 2.45) is 5.73 Å². The van der Waals surface area contributed by atoms with Gasteiger partial charge < -0.3 is 11.1 Å². The van der Waals surface area contributed by atoms with Crippen LogP contribution in [0.25, 0.3) is 0 Å². The highest BCUT2D eigenvalue weighted by molar-refractivity contribution is 5.98.